The molecule has 1 heterocycles. The predicted molar refractivity (Wildman–Crippen MR) is 123 cm³/mol. The molecule has 0 bridgehead atoms. The molecule has 1 aliphatic heterocycles. The van der Waals surface area contributed by atoms with Crippen LogP contribution >= 0.6 is 23.2 Å². The van der Waals surface area contributed by atoms with E-state index < -0.39 is 17.8 Å². The van der Waals surface area contributed by atoms with E-state index in [2.05, 4.69) is 5.32 Å². The Kier molecular flexibility index (Phi) is 5.99. The van der Waals surface area contributed by atoms with Crippen LogP contribution in [-0.2, 0) is 16.0 Å². The number of nitrogens with one attached hydrogen (secondary N) is 1. The van der Waals surface area contributed by atoms with E-state index in [0.29, 0.717) is 22.0 Å². The van der Waals surface area contributed by atoms with E-state index in [1.54, 1.807) is 24.3 Å². The van der Waals surface area contributed by atoms with Crippen LogP contribution in [0.25, 0.3) is 6.08 Å². The number of halogens is 2. The fourth-order valence-corrected chi connectivity index (χ4v) is 3.76. The van der Waals surface area contributed by atoms with Crippen molar-refractivity contribution in [1.29, 1.82) is 0 Å². The highest BCUT2D eigenvalue weighted by molar-refractivity contribution is 6.39. The average Bonchev–Trinajstić information content (AvgIpc) is 2.75. The maximum Gasteiger partial charge on any atom is 0.335 e. The zero-order chi connectivity index (χ0) is 22.8. The van der Waals surface area contributed by atoms with Gasteiger partial charge in [0.25, 0.3) is 11.8 Å². The van der Waals surface area contributed by atoms with Gasteiger partial charge in [0.05, 0.1) is 5.69 Å². The van der Waals surface area contributed by atoms with E-state index >= 15 is 0 Å². The Morgan fingerprint density at radius 2 is 1.56 bits per heavy atom. The van der Waals surface area contributed by atoms with Crippen LogP contribution in [0, 0.1) is 0 Å². The molecule has 0 unspecified atom stereocenters. The Morgan fingerprint density at radius 3 is 2.25 bits per heavy atom. The van der Waals surface area contributed by atoms with Crippen molar-refractivity contribution in [2.45, 2.75) is 6.42 Å². The molecule has 1 saturated heterocycles. The maximum atomic E-state index is 12.9. The predicted octanol–water partition coefficient (Wildman–Crippen LogP) is 4.96. The molecule has 0 spiro atoms. The summed E-state index contributed by atoms with van der Waals surface area (Å²) in [5.74, 6) is -1.59. The van der Waals surface area contributed by atoms with Crippen molar-refractivity contribution in [3.05, 3.63) is 99.0 Å². The van der Waals surface area contributed by atoms with E-state index in [4.69, 9.17) is 23.2 Å². The lowest BCUT2D eigenvalue weighted by Crippen LogP contribution is -2.54. The molecule has 4 rings (SSSR count). The van der Waals surface area contributed by atoms with E-state index in [9.17, 15) is 19.5 Å². The van der Waals surface area contributed by atoms with Crippen LogP contribution < -0.4 is 10.2 Å². The molecule has 0 saturated carbocycles. The van der Waals surface area contributed by atoms with Gasteiger partial charge in [0.15, 0.2) is 0 Å². The minimum absolute atomic E-state index is 0.0167. The molecule has 3 aromatic carbocycles. The van der Waals surface area contributed by atoms with Gasteiger partial charge in [-0.25, -0.2) is 9.69 Å². The topological polar surface area (TPSA) is 86.7 Å². The van der Waals surface area contributed by atoms with Crippen LogP contribution in [0.4, 0.5) is 10.5 Å². The van der Waals surface area contributed by atoms with Crippen molar-refractivity contribution in [1.82, 2.24) is 5.32 Å². The van der Waals surface area contributed by atoms with Crippen LogP contribution in [0.2, 0.25) is 10.0 Å². The molecule has 32 heavy (non-hydrogen) atoms. The monoisotopic (exact) mass is 466 g/mol. The lowest BCUT2D eigenvalue weighted by Gasteiger charge is -2.26. The number of phenols is 1. The first kappa shape index (κ1) is 21.6. The second-order valence-corrected chi connectivity index (χ2v) is 7.91. The molecule has 0 atom stereocenters. The number of imide groups is 2. The Labute approximate surface area is 193 Å². The van der Waals surface area contributed by atoms with Crippen molar-refractivity contribution < 1.29 is 19.5 Å². The first-order valence-corrected chi connectivity index (χ1v) is 10.3. The zero-order valence-corrected chi connectivity index (χ0v) is 18.0. The van der Waals surface area contributed by atoms with Crippen molar-refractivity contribution in [3.63, 3.8) is 0 Å². The molecular weight excluding hydrogens is 451 g/mol. The minimum Gasteiger partial charge on any atom is -0.508 e. The van der Waals surface area contributed by atoms with Gasteiger partial charge in [-0.2, -0.15) is 0 Å². The van der Waals surface area contributed by atoms with E-state index in [1.165, 1.54) is 30.3 Å². The summed E-state index contributed by atoms with van der Waals surface area (Å²) in [7, 11) is 0. The molecule has 0 aromatic heterocycles. The van der Waals surface area contributed by atoms with E-state index in [0.717, 1.165) is 16.0 Å². The van der Waals surface area contributed by atoms with Gasteiger partial charge in [-0.1, -0.05) is 53.5 Å². The number of barbiturate groups is 1. The van der Waals surface area contributed by atoms with E-state index in [-0.39, 0.29) is 17.0 Å². The molecule has 8 heteroatoms. The molecule has 1 aliphatic rings. The Bertz CT molecular complexity index is 1270. The lowest BCUT2D eigenvalue weighted by molar-refractivity contribution is -0.122. The largest absolute Gasteiger partial charge is 0.508 e. The van der Waals surface area contributed by atoms with Crippen LogP contribution in [0.3, 0.4) is 0 Å². The van der Waals surface area contributed by atoms with Crippen LogP contribution in [0.1, 0.15) is 16.7 Å². The third-order valence-corrected chi connectivity index (χ3v) is 5.66. The Hall–Kier alpha value is -3.61. The molecule has 2 N–H and O–H groups in total. The number of anilines is 1. The standard InChI is InChI=1S/C24H16Cl2N2O4/c25-20-4-2-1-3-15(20)13-16-6-5-14(12-21(16)26)11-19-22(30)27-24(32)28(23(19)31)17-7-9-18(29)10-8-17/h1-12,29H,13H2,(H,27,30,32)/b19-11+. The van der Waals surface area contributed by atoms with Gasteiger partial charge >= 0.3 is 6.03 Å². The summed E-state index contributed by atoms with van der Waals surface area (Å²) in [5, 5.41) is 12.7. The van der Waals surface area contributed by atoms with Gasteiger partial charge in [-0.15, -0.1) is 0 Å². The minimum atomic E-state index is -0.865. The van der Waals surface area contributed by atoms with Crippen molar-refractivity contribution in [2.24, 2.45) is 0 Å². The molecule has 1 fully saturated rings. The SMILES string of the molecule is O=C1NC(=O)N(c2ccc(O)cc2)C(=O)/C1=C/c1ccc(Cc2ccccc2Cl)c(Cl)c1. The summed E-state index contributed by atoms with van der Waals surface area (Å²) in [4.78, 5) is 38.4. The molecule has 4 amide bonds. The number of hydrogen-bond acceptors (Lipinski definition) is 4. The van der Waals surface area contributed by atoms with Gasteiger partial charge in [0.2, 0.25) is 0 Å². The summed E-state index contributed by atoms with van der Waals surface area (Å²) in [5.41, 5.74) is 2.29. The van der Waals surface area contributed by atoms with Crippen molar-refractivity contribution in [2.75, 3.05) is 4.90 Å². The number of carbonyl (C=O) groups is 3. The van der Waals surface area contributed by atoms with Crippen LogP contribution in [0.15, 0.2) is 72.3 Å². The van der Waals surface area contributed by atoms with Crippen LogP contribution in [-0.4, -0.2) is 23.0 Å². The second kappa shape index (κ2) is 8.86. The number of urea groups is 1. The fourth-order valence-electron chi connectivity index (χ4n) is 3.30. The van der Waals surface area contributed by atoms with Crippen molar-refractivity contribution in [3.8, 4) is 5.75 Å². The molecular formula is C24H16Cl2N2O4. The van der Waals surface area contributed by atoms with Gasteiger partial charge < -0.3 is 5.11 Å². The Morgan fingerprint density at radius 1 is 0.875 bits per heavy atom. The van der Waals surface area contributed by atoms with Crippen molar-refractivity contribution >= 4 is 52.8 Å². The number of amides is 4. The smallest absolute Gasteiger partial charge is 0.335 e. The molecule has 6 nitrogen and oxygen atoms in total. The summed E-state index contributed by atoms with van der Waals surface area (Å²) in [6, 6.07) is 17.2. The number of carbonyl (C=O) groups excluding carboxylic acids is 3. The fraction of sp³-hybridized carbons (Fsp3) is 0.0417. The number of rotatable bonds is 4. The molecule has 160 valence electrons. The third kappa shape index (κ3) is 4.37. The summed E-state index contributed by atoms with van der Waals surface area (Å²) < 4.78 is 0. The van der Waals surface area contributed by atoms with E-state index in [1.807, 2.05) is 18.2 Å². The van der Waals surface area contributed by atoms with Gasteiger partial charge in [0.1, 0.15) is 11.3 Å². The van der Waals surface area contributed by atoms with Crippen LogP contribution in [0.5, 0.6) is 5.75 Å². The first-order chi connectivity index (χ1) is 15.3. The Balaban J connectivity index is 1.63. The van der Waals surface area contributed by atoms with Gasteiger partial charge in [-0.05, 0) is 59.2 Å². The molecule has 0 radical (unpaired) electrons. The lowest BCUT2D eigenvalue weighted by atomic mass is 10.0. The molecule has 3 aromatic rings. The summed E-state index contributed by atoms with van der Waals surface area (Å²) >= 11 is 12.7. The number of phenolic OH excluding ortho intramolecular Hbond substituents is 1. The number of hydrogen-bond donors (Lipinski definition) is 2. The van der Waals surface area contributed by atoms with Gasteiger partial charge in [-0.3, -0.25) is 14.9 Å². The highest BCUT2D eigenvalue weighted by atomic mass is 35.5. The number of nitrogens with zero attached hydrogens (tertiary/aromatic N) is 1. The number of benzene rings is 3. The quantitative estimate of drug-likeness (QED) is 0.420. The second-order valence-electron chi connectivity index (χ2n) is 7.09. The zero-order valence-electron chi connectivity index (χ0n) is 16.5. The highest BCUT2D eigenvalue weighted by Gasteiger charge is 2.36. The first-order valence-electron chi connectivity index (χ1n) is 9.56. The average molecular weight is 467 g/mol. The summed E-state index contributed by atoms with van der Waals surface area (Å²) in [6.07, 6.45) is 1.90. The maximum absolute atomic E-state index is 12.9. The number of aromatic hydroxyl groups is 1. The highest BCUT2D eigenvalue weighted by Crippen LogP contribution is 2.27. The third-order valence-electron chi connectivity index (χ3n) is 4.94. The van der Waals surface area contributed by atoms with Gasteiger partial charge in [0, 0.05) is 16.5 Å². The summed E-state index contributed by atoms with van der Waals surface area (Å²) in [6.45, 7) is 0. The normalized spacial score (nSPS) is 15.2. The molecule has 0 aliphatic carbocycles.